The van der Waals surface area contributed by atoms with Crippen LogP contribution in [-0.4, -0.2) is 24.5 Å². The van der Waals surface area contributed by atoms with Gasteiger partial charge < -0.3 is 15.0 Å². The van der Waals surface area contributed by atoms with E-state index in [0.29, 0.717) is 18.5 Å². The smallest absolute Gasteiger partial charge is 0.251 e. The second kappa shape index (κ2) is 6.64. The quantitative estimate of drug-likeness (QED) is 0.835. The first kappa shape index (κ1) is 17.8. The molecule has 0 spiro atoms. The molecule has 6 rings (SSSR count). The molecule has 2 N–H and O–H groups in total. The summed E-state index contributed by atoms with van der Waals surface area (Å²) >= 11 is 0. The molecule has 0 aliphatic heterocycles. The van der Waals surface area contributed by atoms with Crippen LogP contribution >= 0.6 is 0 Å². The molecule has 148 valence electrons. The third kappa shape index (κ3) is 3.01. The SMILES string of the molecule is COc1ccc2cc(CCNC(=O)C34CC5CC(CC(C5)C3)C4)c(=O)[nH]c2c1. The summed E-state index contributed by atoms with van der Waals surface area (Å²) in [5.74, 6) is 3.24. The third-order valence-electron chi connectivity index (χ3n) is 7.33. The predicted molar refractivity (Wildman–Crippen MR) is 108 cm³/mol. The first-order chi connectivity index (χ1) is 13.5. The van der Waals surface area contributed by atoms with Gasteiger partial charge in [0.2, 0.25) is 5.91 Å². The molecular formula is C23H28N2O3. The number of aromatic nitrogens is 1. The van der Waals surface area contributed by atoms with Gasteiger partial charge in [-0.15, -0.1) is 0 Å². The Labute approximate surface area is 164 Å². The Hall–Kier alpha value is -2.30. The van der Waals surface area contributed by atoms with Crippen molar-refractivity contribution in [3.05, 3.63) is 40.2 Å². The van der Waals surface area contributed by atoms with Crippen molar-refractivity contribution in [1.29, 1.82) is 0 Å². The number of aromatic amines is 1. The summed E-state index contributed by atoms with van der Waals surface area (Å²) in [5.41, 5.74) is 1.26. The van der Waals surface area contributed by atoms with E-state index in [1.165, 1.54) is 19.3 Å². The number of amides is 1. The minimum Gasteiger partial charge on any atom is -0.497 e. The highest BCUT2D eigenvalue weighted by molar-refractivity contribution is 5.83. The molecule has 4 bridgehead atoms. The number of nitrogens with one attached hydrogen (secondary N) is 2. The van der Waals surface area contributed by atoms with Crippen LogP contribution in [0.3, 0.4) is 0 Å². The lowest BCUT2D eigenvalue weighted by Gasteiger charge is -2.55. The van der Waals surface area contributed by atoms with Gasteiger partial charge in [0.1, 0.15) is 5.75 Å². The standard InChI is InChI=1S/C23H28N2O3/c1-28-19-3-2-17-9-18(21(26)25-20(17)10-19)4-5-24-22(27)23-11-14-6-15(12-23)8-16(7-14)13-23/h2-3,9-10,14-16H,4-8,11-13H2,1H3,(H,24,27)(H,25,26). The summed E-state index contributed by atoms with van der Waals surface area (Å²) in [7, 11) is 1.61. The molecule has 28 heavy (non-hydrogen) atoms. The zero-order valence-corrected chi connectivity index (χ0v) is 16.4. The molecule has 4 aliphatic rings. The van der Waals surface area contributed by atoms with Gasteiger partial charge in [0.05, 0.1) is 12.6 Å². The summed E-state index contributed by atoms with van der Waals surface area (Å²) in [6.45, 7) is 0.519. The summed E-state index contributed by atoms with van der Waals surface area (Å²) in [6, 6.07) is 7.58. The molecule has 4 saturated carbocycles. The fourth-order valence-electron chi connectivity index (χ4n) is 6.42. The average molecular weight is 380 g/mol. The van der Waals surface area contributed by atoms with Gasteiger partial charge in [-0.25, -0.2) is 0 Å². The van der Waals surface area contributed by atoms with Gasteiger partial charge >= 0.3 is 0 Å². The first-order valence-electron chi connectivity index (χ1n) is 10.5. The number of benzene rings is 1. The Balaban J connectivity index is 1.26. The highest BCUT2D eigenvalue weighted by atomic mass is 16.5. The number of rotatable bonds is 5. The van der Waals surface area contributed by atoms with E-state index >= 15 is 0 Å². The zero-order chi connectivity index (χ0) is 19.3. The molecule has 1 heterocycles. The Morgan fingerprint density at radius 2 is 1.82 bits per heavy atom. The number of carbonyl (C=O) groups excluding carboxylic acids is 1. The number of hydrogen-bond acceptors (Lipinski definition) is 3. The summed E-state index contributed by atoms with van der Waals surface area (Å²) in [5, 5.41) is 4.14. The second-order valence-electron chi connectivity index (χ2n) is 9.28. The van der Waals surface area contributed by atoms with Crippen LogP contribution in [-0.2, 0) is 11.2 Å². The molecule has 0 radical (unpaired) electrons. The van der Waals surface area contributed by atoms with Crippen molar-refractivity contribution in [1.82, 2.24) is 10.3 Å². The van der Waals surface area contributed by atoms with Crippen molar-refractivity contribution in [3.8, 4) is 5.75 Å². The van der Waals surface area contributed by atoms with Crippen LogP contribution in [0.4, 0.5) is 0 Å². The molecule has 5 nitrogen and oxygen atoms in total. The molecule has 1 aromatic carbocycles. The van der Waals surface area contributed by atoms with Crippen LogP contribution in [0.15, 0.2) is 29.1 Å². The molecule has 0 unspecified atom stereocenters. The maximum absolute atomic E-state index is 13.0. The Morgan fingerprint density at radius 1 is 1.14 bits per heavy atom. The summed E-state index contributed by atoms with van der Waals surface area (Å²) in [6.07, 6.45) is 7.78. The number of carbonyl (C=O) groups is 1. The van der Waals surface area contributed by atoms with E-state index in [1.807, 2.05) is 24.3 Å². The zero-order valence-electron chi connectivity index (χ0n) is 16.4. The third-order valence-corrected chi connectivity index (χ3v) is 7.33. The topological polar surface area (TPSA) is 71.2 Å². The summed E-state index contributed by atoms with van der Waals surface area (Å²) in [4.78, 5) is 28.4. The van der Waals surface area contributed by atoms with Crippen molar-refractivity contribution in [2.75, 3.05) is 13.7 Å². The van der Waals surface area contributed by atoms with Crippen LogP contribution in [0.25, 0.3) is 10.9 Å². The minimum atomic E-state index is -0.124. The van der Waals surface area contributed by atoms with E-state index in [9.17, 15) is 9.59 Å². The van der Waals surface area contributed by atoms with E-state index in [4.69, 9.17) is 4.74 Å². The number of hydrogen-bond donors (Lipinski definition) is 2. The van der Waals surface area contributed by atoms with Gasteiger partial charge in [-0.3, -0.25) is 9.59 Å². The van der Waals surface area contributed by atoms with Crippen LogP contribution in [0, 0.1) is 23.2 Å². The lowest BCUT2D eigenvalue weighted by Crippen LogP contribution is -2.53. The molecule has 1 aromatic heterocycles. The Morgan fingerprint density at radius 3 is 2.46 bits per heavy atom. The van der Waals surface area contributed by atoms with Crippen LogP contribution in [0.1, 0.15) is 44.1 Å². The van der Waals surface area contributed by atoms with Gasteiger partial charge in [0, 0.05) is 23.6 Å². The highest BCUT2D eigenvalue weighted by Gasteiger charge is 2.54. The van der Waals surface area contributed by atoms with Gasteiger partial charge in [0.15, 0.2) is 0 Å². The van der Waals surface area contributed by atoms with Crippen LogP contribution in [0.5, 0.6) is 5.75 Å². The van der Waals surface area contributed by atoms with Crippen LogP contribution in [0.2, 0.25) is 0 Å². The fraction of sp³-hybridized carbons (Fsp3) is 0.565. The van der Waals surface area contributed by atoms with Crippen molar-refractivity contribution in [2.24, 2.45) is 23.2 Å². The van der Waals surface area contributed by atoms with Gasteiger partial charge in [-0.1, -0.05) is 0 Å². The van der Waals surface area contributed by atoms with Gasteiger partial charge in [-0.05, 0) is 86.3 Å². The summed E-state index contributed by atoms with van der Waals surface area (Å²) < 4.78 is 5.21. The fourth-order valence-corrected chi connectivity index (χ4v) is 6.42. The van der Waals surface area contributed by atoms with Crippen LogP contribution < -0.4 is 15.6 Å². The van der Waals surface area contributed by atoms with Crippen molar-refractivity contribution < 1.29 is 9.53 Å². The van der Waals surface area contributed by atoms with Crippen molar-refractivity contribution >= 4 is 16.8 Å². The molecule has 0 atom stereocenters. The van der Waals surface area contributed by atoms with E-state index in [2.05, 4.69) is 10.3 Å². The Kier molecular flexibility index (Phi) is 4.22. The van der Waals surface area contributed by atoms with Crippen molar-refractivity contribution in [2.45, 2.75) is 44.9 Å². The molecule has 4 aliphatic carbocycles. The highest BCUT2D eigenvalue weighted by Crippen LogP contribution is 2.60. The van der Waals surface area contributed by atoms with Crippen molar-refractivity contribution in [3.63, 3.8) is 0 Å². The van der Waals surface area contributed by atoms with E-state index in [1.54, 1.807) is 7.11 Å². The molecule has 1 amide bonds. The number of methoxy groups -OCH3 is 1. The number of pyridine rings is 1. The largest absolute Gasteiger partial charge is 0.497 e. The normalized spacial score (nSPS) is 30.5. The number of ether oxygens (including phenoxy) is 1. The molecule has 2 aromatic rings. The monoisotopic (exact) mass is 380 g/mol. The second-order valence-corrected chi connectivity index (χ2v) is 9.28. The lowest BCUT2D eigenvalue weighted by atomic mass is 9.49. The van der Waals surface area contributed by atoms with Gasteiger partial charge in [-0.2, -0.15) is 0 Å². The maximum Gasteiger partial charge on any atom is 0.251 e. The molecule has 0 saturated heterocycles. The predicted octanol–water partition coefficient (Wildman–Crippen LogP) is 3.41. The Bertz CT molecular complexity index is 942. The number of H-pyrrole nitrogens is 1. The van der Waals surface area contributed by atoms with E-state index < -0.39 is 0 Å². The maximum atomic E-state index is 13.0. The van der Waals surface area contributed by atoms with Gasteiger partial charge in [0.25, 0.3) is 5.56 Å². The van der Waals surface area contributed by atoms with E-state index in [-0.39, 0.29) is 16.9 Å². The average Bonchev–Trinajstić information content (AvgIpc) is 2.66. The molecule has 4 fully saturated rings. The number of fused-ring (bicyclic) bond motifs is 1. The molecule has 5 heteroatoms. The lowest BCUT2D eigenvalue weighted by molar-refractivity contribution is -0.146. The van der Waals surface area contributed by atoms with E-state index in [0.717, 1.165) is 53.7 Å². The molecular weight excluding hydrogens is 352 g/mol. The first-order valence-corrected chi connectivity index (χ1v) is 10.5. The minimum absolute atomic E-state index is 0.0928.